The lowest BCUT2D eigenvalue weighted by Gasteiger charge is -2.29. The zero-order valence-electron chi connectivity index (χ0n) is 24.7. The number of hydrogen-bond acceptors (Lipinski definition) is 4. The van der Waals surface area contributed by atoms with Crippen LogP contribution in [0.15, 0.2) is 175 Å². The maximum absolute atomic E-state index is 3.36. The molecule has 0 amide bonds. The zero-order valence-corrected chi connectivity index (χ0v) is 24.7. The highest BCUT2D eigenvalue weighted by atomic mass is 15.2. The second kappa shape index (κ2) is 12.8. The van der Waals surface area contributed by atoms with Crippen molar-refractivity contribution in [2.75, 3.05) is 22.9 Å². The molecule has 7 rings (SSSR count). The van der Waals surface area contributed by atoms with Gasteiger partial charge in [-0.05, 0) is 89.7 Å². The Bertz CT molecular complexity index is 1740. The van der Waals surface area contributed by atoms with Crippen LogP contribution in [0.4, 0.5) is 17.1 Å². The molecule has 4 nitrogen and oxygen atoms in total. The summed E-state index contributed by atoms with van der Waals surface area (Å²) in [7, 11) is 0. The minimum Gasteiger partial charge on any atom is -0.386 e. The maximum Gasteiger partial charge on any atom is 0.0615 e. The molecule has 2 heterocycles. The minimum atomic E-state index is 0.854. The van der Waals surface area contributed by atoms with E-state index in [2.05, 4.69) is 178 Å². The van der Waals surface area contributed by atoms with Crippen molar-refractivity contribution in [2.45, 2.75) is 12.8 Å². The van der Waals surface area contributed by atoms with Gasteiger partial charge in [0, 0.05) is 48.2 Å². The van der Waals surface area contributed by atoms with Gasteiger partial charge in [-0.3, -0.25) is 0 Å². The molecule has 0 aromatic heterocycles. The first kappa shape index (κ1) is 27.4. The van der Waals surface area contributed by atoms with Gasteiger partial charge in [-0.2, -0.15) is 0 Å². The SMILES string of the molecule is C1=CC(N(C2=CNCC=C2)c2ccc(-c3ccc(-c4ccc(N(C5=CNCC=C5)c5ccccc5)cc4)cc3)cc2)=CCC1. The Kier molecular flexibility index (Phi) is 7.96. The van der Waals surface area contributed by atoms with E-state index in [0.717, 1.165) is 54.4 Å². The lowest BCUT2D eigenvalue weighted by molar-refractivity contribution is 0.924. The van der Waals surface area contributed by atoms with Crippen LogP contribution >= 0.6 is 0 Å². The van der Waals surface area contributed by atoms with Gasteiger partial charge in [0.05, 0.1) is 11.4 Å². The van der Waals surface area contributed by atoms with Crippen LogP contribution in [0.2, 0.25) is 0 Å². The summed E-state index contributed by atoms with van der Waals surface area (Å²) in [5.41, 5.74) is 11.7. The van der Waals surface area contributed by atoms with Crippen molar-refractivity contribution in [3.63, 3.8) is 0 Å². The van der Waals surface area contributed by atoms with Gasteiger partial charge in [-0.15, -0.1) is 0 Å². The molecule has 0 radical (unpaired) electrons. The largest absolute Gasteiger partial charge is 0.386 e. The number of para-hydroxylation sites is 1. The molecule has 3 aliphatic rings. The van der Waals surface area contributed by atoms with E-state index >= 15 is 0 Å². The van der Waals surface area contributed by atoms with Gasteiger partial charge >= 0.3 is 0 Å². The fourth-order valence-electron chi connectivity index (χ4n) is 5.89. The number of allylic oxidation sites excluding steroid dienone is 5. The summed E-state index contributed by atoms with van der Waals surface area (Å²) in [5, 5.41) is 6.70. The van der Waals surface area contributed by atoms with Crippen LogP contribution in [0, 0.1) is 0 Å². The molecule has 44 heavy (non-hydrogen) atoms. The van der Waals surface area contributed by atoms with E-state index in [4.69, 9.17) is 0 Å². The molecule has 0 spiro atoms. The Morgan fingerprint density at radius 2 is 0.864 bits per heavy atom. The van der Waals surface area contributed by atoms with E-state index in [1.54, 1.807) is 0 Å². The molecule has 4 aromatic rings. The van der Waals surface area contributed by atoms with Crippen molar-refractivity contribution in [3.05, 3.63) is 175 Å². The van der Waals surface area contributed by atoms with Crippen molar-refractivity contribution in [3.8, 4) is 22.3 Å². The van der Waals surface area contributed by atoms with Gasteiger partial charge in [0.2, 0.25) is 0 Å². The average Bonchev–Trinajstić information content (AvgIpc) is 3.11. The second-order valence-corrected chi connectivity index (χ2v) is 11.0. The van der Waals surface area contributed by atoms with Gasteiger partial charge in [0.25, 0.3) is 0 Å². The Morgan fingerprint density at radius 3 is 1.34 bits per heavy atom. The molecule has 2 N–H and O–H groups in total. The molecule has 216 valence electrons. The van der Waals surface area contributed by atoms with Crippen LogP contribution in [0.1, 0.15) is 12.8 Å². The summed E-state index contributed by atoms with van der Waals surface area (Å²) in [4.78, 5) is 4.60. The van der Waals surface area contributed by atoms with E-state index in [9.17, 15) is 0 Å². The Balaban J connectivity index is 1.11. The number of rotatable bonds is 8. The van der Waals surface area contributed by atoms with Gasteiger partial charge in [0.15, 0.2) is 0 Å². The summed E-state index contributed by atoms with van der Waals surface area (Å²) in [6.45, 7) is 1.72. The first-order valence-corrected chi connectivity index (χ1v) is 15.4. The van der Waals surface area contributed by atoms with E-state index in [1.807, 2.05) is 0 Å². The van der Waals surface area contributed by atoms with Crippen molar-refractivity contribution < 1.29 is 0 Å². The monoisotopic (exact) mass is 572 g/mol. The van der Waals surface area contributed by atoms with Crippen molar-refractivity contribution in [1.82, 2.24) is 10.6 Å². The third kappa shape index (κ3) is 5.88. The quantitative estimate of drug-likeness (QED) is 0.220. The Labute approximate surface area is 260 Å². The number of nitrogens with one attached hydrogen (secondary N) is 2. The number of hydrogen-bond donors (Lipinski definition) is 2. The third-order valence-corrected chi connectivity index (χ3v) is 8.12. The molecule has 0 bridgehead atoms. The zero-order chi connectivity index (χ0) is 29.6. The third-order valence-electron chi connectivity index (χ3n) is 8.12. The van der Waals surface area contributed by atoms with Crippen molar-refractivity contribution >= 4 is 17.1 Å². The standard InChI is InChI=1S/C40H36N4/c1-3-9-35(10-4-1)43(39-13-7-27-41-29-39)37-23-19-33(20-24-37)31-15-17-32(18-16-31)34-21-25-38(26-22-34)44(36-11-5-2-6-12-36)40-14-8-28-42-30-40/h1,3-5,7-26,29-30,41-42H,2,6,27-28H2. The predicted molar refractivity (Wildman–Crippen MR) is 185 cm³/mol. The fourth-order valence-corrected chi connectivity index (χ4v) is 5.89. The van der Waals surface area contributed by atoms with E-state index < -0.39 is 0 Å². The molecule has 4 aromatic carbocycles. The van der Waals surface area contributed by atoms with Gasteiger partial charge in [0.1, 0.15) is 0 Å². The molecule has 4 heteroatoms. The topological polar surface area (TPSA) is 30.5 Å². The van der Waals surface area contributed by atoms with Crippen LogP contribution in [-0.2, 0) is 0 Å². The molecule has 1 aliphatic carbocycles. The van der Waals surface area contributed by atoms with Crippen LogP contribution in [0.5, 0.6) is 0 Å². The minimum absolute atomic E-state index is 0.854. The molecular weight excluding hydrogens is 536 g/mol. The lowest BCUT2D eigenvalue weighted by atomic mass is 9.99. The molecule has 2 aliphatic heterocycles. The first-order valence-electron chi connectivity index (χ1n) is 15.4. The molecule has 0 saturated carbocycles. The van der Waals surface area contributed by atoms with Gasteiger partial charge in [-0.1, -0.05) is 91.0 Å². The summed E-state index contributed by atoms with van der Waals surface area (Å²) in [6, 6.07) is 37.1. The molecular formula is C40H36N4. The predicted octanol–water partition coefficient (Wildman–Crippen LogP) is 9.20. The average molecular weight is 573 g/mol. The van der Waals surface area contributed by atoms with Crippen LogP contribution in [0.25, 0.3) is 22.3 Å². The van der Waals surface area contributed by atoms with E-state index in [1.165, 1.54) is 28.0 Å². The van der Waals surface area contributed by atoms with E-state index in [-0.39, 0.29) is 0 Å². The first-order chi connectivity index (χ1) is 21.8. The number of nitrogens with zero attached hydrogens (tertiary/aromatic N) is 2. The van der Waals surface area contributed by atoms with Crippen molar-refractivity contribution in [1.29, 1.82) is 0 Å². The van der Waals surface area contributed by atoms with Crippen LogP contribution < -0.4 is 20.4 Å². The molecule has 0 atom stereocenters. The summed E-state index contributed by atoms with van der Waals surface area (Å²) in [6.07, 6.45) is 21.8. The molecule has 0 fully saturated rings. The highest BCUT2D eigenvalue weighted by Gasteiger charge is 2.17. The smallest absolute Gasteiger partial charge is 0.0615 e. The maximum atomic E-state index is 3.36. The summed E-state index contributed by atoms with van der Waals surface area (Å²) in [5.74, 6) is 0. The van der Waals surface area contributed by atoms with Crippen molar-refractivity contribution in [2.24, 2.45) is 0 Å². The van der Waals surface area contributed by atoms with E-state index in [0.29, 0.717) is 0 Å². The number of anilines is 3. The normalized spacial score (nSPS) is 15.4. The Hall–Kier alpha value is -5.48. The van der Waals surface area contributed by atoms with Crippen LogP contribution in [0.3, 0.4) is 0 Å². The Morgan fingerprint density at radius 1 is 0.409 bits per heavy atom. The highest BCUT2D eigenvalue weighted by Crippen LogP contribution is 2.34. The lowest BCUT2D eigenvalue weighted by Crippen LogP contribution is -2.24. The van der Waals surface area contributed by atoms with Gasteiger partial charge in [-0.25, -0.2) is 0 Å². The number of dihydropyridines is 2. The number of benzene rings is 4. The fraction of sp³-hybridized carbons (Fsp3) is 0.100. The molecule has 0 saturated heterocycles. The molecule has 0 unspecified atom stereocenters. The van der Waals surface area contributed by atoms with Crippen LogP contribution in [-0.4, -0.2) is 13.1 Å². The van der Waals surface area contributed by atoms with Gasteiger partial charge < -0.3 is 20.4 Å². The highest BCUT2D eigenvalue weighted by molar-refractivity contribution is 5.76. The summed E-state index contributed by atoms with van der Waals surface area (Å²) < 4.78 is 0. The summed E-state index contributed by atoms with van der Waals surface area (Å²) >= 11 is 0. The second-order valence-electron chi connectivity index (χ2n) is 11.0.